The number of aliphatic imine (C=N–C) groups is 2. The first-order valence-electron chi connectivity index (χ1n) is 11.6. The Hall–Kier alpha value is -4.51. The summed E-state index contributed by atoms with van der Waals surface area (Å²) in [4.78, 5) is 45.1. The van der Waals surface area contributed by atoms with E-state index < -0.39 is 62.5 Å². The third kappa shape index (κ3) is 5.46. The average molecular weight is 580 g/mol. The molecule has 17 heteroatoms. The molecule has 0 radical (unpaired) electrons. The summed E-state index contributed by atoms with van der Waals surface area (Å²) in [5.74, 6) is -4.66. The van der Waals surface area contributed by atoms with Gasteiger partial charge in [-0.05, 0) is 19.9 Å². The third-order valence-electron chi connectivity index (χ3n) is 5.96. The minimum Gasteiger partial charge on any atom is -0.480 e. The number of nitrogens with zero attached hydrogens (tertiary/aromatic N) is 4. The summed E-state index contributed by atoms with van der Waals surface area (Å²) >= 11 is 0. The van der Waals surface area contributed by atoms with Crippen molar-refractivity contribution in [2.75, 3.05) is 13.1 Å². The lowest BCUT2D eigenvalue weighted by atomic mass is 10.1. The number of nitrogens with one attached hydrogen (secondary N) is 3. The second kappa shape index (κ2) is 10.9. The number of guanidine groups is 1. The van der Waals surface area contributed by atoms with Crippen LogP contribution < -0.4 is 20.8 Å². The predicted octanol–water partition coefficient (Wildman–Crippen LogP) is 0.113. The zero-order chi connectivity index (χ0) is 29.4. The van der Waals surface area contributed by atoms with Crippen molar-refractivity contribution in [1.82, 2.24) is 25.1 Å². The molecule has 3 aromatic rings. The number of fused-ring (bicyclic) bond motifs is 1. The van der Waals surface area contributed by atoms with E-state index in [-0.39, 0.29) is 39.9 Å². The molecule has 1 unspecified atom stereocenters. The van der Waals surface area contributed by atoms with Gasteiger partial charge in [0, 0.05) is 38.1 Å². The van der Waals surface area contributed by atoms with Crippen LogP contribution in [0.15, 0.2) is 36.5 Å². The summed E-state index contributed by atoms with van der Waals surface area (Å²) < 4.78 is 63.4. The van der Waals surface area contributed by atoms with Gasteiger partial charge in [0.2, 0.25) is 21.4 Å². The van der Waals surface area contributed by atoms with Gasteiger partial charge < -0.3 is 24.8 Å². The minimum absolute atomic E-state index is 0.00275. The zero-order valence-electron chi connectivity index (χ0n) is 21.3. The Labute approximate surface area is 224 Å². The molecule has 1 aliphatic heterocycles. The van der Waals surface area contributed by atoms with Crippen LogP contribution >= 0.6 is 0 Å². The monoisotopic (exact) mass is 579 g/mol. The highest BCUT2D eigenvalue weighted by Gasteiger charge is 2.31. The number of aromatic nitrogens is 2. The quantitative estimate of drug-likeness (QED) is 0.272. The number of aliphatic carboxylic acids is 1. The second-order valence-corrected chi connectivity index (χ2v) is 10.4. The molecule has 14 nitrogen and oxygen atoms in total. The Morgan fingerprint density at radius 3 is 2.60 bits per heavy atom. The van der Waals surface area contributed by atoms with E-state index in [4.69, 9.17) is 4.52 Å². The lowest BCUT2D eigenvalue weighted by molar-refractivity contribution is -0.138. The number of amides is 1. The van der Waals surface area contributed by atoms with Gasteiger partial charge in [-0.2, -0.15) is 4.72 Å². The van der Waals surface area contributed by atoms with Crippen LogP contribution in [0, 0.1) is 25.5 Å². The number of sulfonamides is 1. The standard InChI is InChI=1S/C23H23F2N7O7S/c1-10-20(11(2)39-30-10)40(37,38)31-16(22(35)36)8-28-21(34)14-9-32(3)18-12(19(14)33)6-15(24)13(17(18)25)7-29-23-26-4-5-27-23/h4,6,9,16,31H,5,7-8H2,1-3H3,(H,27,29)(H,28,34)(H,35,36). The molecule has 1 aliphatic rings. The molecule has 0 bridgehead atoms. The first-order chi connectivity index (χ1) is 18.8. The van der Waals surface area contributed by atoms with Crippen molar-refractivity contribution in [2.45, 2.75) is 31.3 Å². The zero-order valence-corrected chi connectivity index (χ0v) is 22.1. The molecule has 4 rings (SSSR count). The SMILES string of the molecule is Cc1noc(C)c1S(=O)(=O)NC(CNC(=O)c1cn(C)c2c(F)c(CNC3=NCC=N3)c(F)cc2c1=O)C(=O)O. The second-order valence-electron chi connectivity index (χ2n) is 8.73. The van der Waals surface area contributed by atoms with Crippen molar-refractivity contribution in [3.63, 3.8) is 0 Å². The summed E-state index contributed by atoms with van der Waals surface area (Å²) in [5.41, 5.74) is -2.22. The average Bonchev–Trinajstić information content (AvgIpc) is 3.52. The lowest BCUT2D eigenvalue weighted by Gasteiger charge is -2.16. The Morgan fingerprint density at radius 2 is 2.00 bits per heavy atom. The van der Waals surface area contributed by atoms with E-state index in [1.165, 1.54) is 27.1 Å². The number of rotatable bonds is 9. The van der Waals surface area contributed by atoms with Gasteiger partial charge in [-0.25, -0.2) is 27.2 Å². The van der Waals surface area contributed by atoms with Crippen LogP contribution in [0.5, 0.6) is 0 Å². The largest absolute Gasteiger partial charge is 0.480 e. The van der Waals surface area contributed by atoms with Gasteiger partial charge in [-0.1, -0.05) is 5.16 Å². The fourth-order valence-electron chi connectivity index (χ4n) is 4.09. The first-order valence-corrected chi connectivity index (χ1v) is 13.1. The van der Waals surface area contributed by atoms with Crippen molar-refractivity contribution in [3.8, 4) is 0 Å². The maximum absolute atomic E-state index is 15.3. The summed E-state index contributed by atoms with van der Waals surface area (Å²) in [5, 5.41) is 17.5. The molecule has 0 aliphatic carbocycles. The number of halogens is 2. The van der Waals surface area contributed by atoms with Gasteiger partial charge in [0.25, 0.3) is 5.91 Å². The van der Waals surface area contributed by atoms with Gasteiger partial charge in [-0.15, -0.1) is 0 Å². The number of aryl methyl sites for hydroxylation is 3. The van der Waals surface area contributed by atoms with E-state index in [0.717, 1.165) is 16.8 Å². The molecule has 0 spiro atoms. The Morgan fingerprint density at radius 1 is 1.27 bits per heavy atom. The van der Waals surface area contributed by atoms with E-state index in [1.807, 2.05) is 4.72 Å². The summed E-state index contributed by atoms with van der Waals surface area (Å²) in [6.45, 7) is 1.94. The number of hydrogen-bond acceptors (Lipinski definition) is 10. The molecule has 0 saturated carbocycles. The number of benzene rings is 1. The molecule has 4 N–H and O–H groups in total. The van der Waals surface area contributed by atoms with Crippen LogP contribution in [-0.4, -0.2) is 66.4 Å². The third-order valence-corrected chi connectivity index (χ3v) is 7.67. The maximum atomic E-state index is 15.3. The van der Waals surface area contributed by atoms with Crippen LogP contribution in [-0.2, 0) is 28.4 Å². The highest BCUT2D eigenvalue weighted by Crippen LogP contribution is 2.23. The fourth-order valence-corrected chi connectivity index (χ4v) is 5.61. The van der Waals surface area contributed by atoms with Crippen molar-refractivity contribution < 1.29 is 36.4 Å². The van der Waals surface area contributed by atoms with Gasteiger partial charge in [-0.3, -0.25) is 14.4 Å². The molecule has 40 heavy (non-hydrogen) atoms. The van der Waals surface area contributed by atoms with Crippen molar-refractivity contribution in [2.24, 2.45) is 17.0 Å². The van der Waals surface area contributed by atoms with Crippen LogP contribution in [0.1, 0.15) is 27.4 Å². The molecule has 2 aromatic heterocycles. The van der Waals surface area contributed by atoms with Gasteiger partial charge in [0.15, 0.2) is 11.6 Å². The molecule has 0 fully saturated rings. The molecule has 3 heterocycles. The molecular formula is C23H23F2N7O7S. The molecule has 0 saturated heterocycles. The topological polar surface area (TPSA) is 197 Å². The van der Waals surface area contributed by atoms with Crippen molar-refractivity contribution in [1.29, 1.82) is 0 Å². The summed E-state index contributed by atoms with van der Waals surface area (Å²) in [6, 6.07) is -1.04. The van der Waals surface area contributed by atoms with Crippen LogP contribution in [0.3, 0.4) is 0 Å². The molecule has 1 atom stereocenters. The van der Waals surface area contributed by atoms with Crippen LogP contribution in [0.25, 0.3) is 10.9 Å². The number of carboxylic acids is 1. The first kappa shape index (κ1) is 28.5. The number of pyridine rings is 1. The highest BCUT2D eigenvalue weighted by atomic mass is 32.2. The van der Waals surface area contributed by atoms with E-state index in [0.29, 0.717) is 6.54 Å². The maximum Gasteiger partial charge on any atom is 0.323 e. The molecule has 1 amide bonds. The number of carbonyl (C=O) groups excluding carboxylic acids is 1. The van der Waals surface area contributed by atoms with E-state index in [2.05, 4.69) is 25.8 Å². The number of carbonyl (C=O) groups is 2. The number of hydrogen-bond donors (Lipinski definition) is 4. The molecule has 1 aromatic carbocycles. The van der Waals surface area contributed by atoms with Gasteiger partial charge in [0.1, 0.15) is 28.0 Å². The van der Waals surface area contributed by atoms with Crippen LogP contribution in [0.4, 0.5) is 8.78 Å². The fraction of sp³-hybridized carbons (Fsp3) is 0.304. The van der Waals surface area contributed by atoms with Crippen molar-refractivity contribution >= 4 is 45.0 Å². The van der Waals surface area contributed by atoms with Gasteiger partial charge in [0.05, 0.1) is 17.4 Å². The predicted molar refractivity (Wildman–Crippen MR) is 137 cm³/mol. The summed E-state index contributed by atoms with van der Waals surface area (Å²) in [7, 11) is -3.08. The smallest absolute Gasteiger partial charge is 0.323 e. The Bertz CT molecular complexity index is 1740. The lowest BCUT2D eigenvalue weighted by Crippen LogP contribution is -2.48. The molecule has 212 valence electrons. The number of carboxylic acid groups (broad SMARTS) is 1. The Balaban J connectivity index is 1.58. The highest BCUT2D eigenvalue weighted by molar-refractivity contribution is 7.89. The van der Waals surface area contributed by atoms with E-state index >= 15 is 4.39 Å². The van der Waals surface area contributed by atoms with Crippen molar-refractivity contribution in [3.05, 3.63) is 56.7 Å². The normalized spacial score (nSPS) is 13.9. The minimum atomic E-state index is -4.41. The Kier molecular flexibility index (Phi) is 7.79. The van der Waals surface area contributed by atoms with E-state index in [1.54, 1.807) is 0 Å². The van der Waals surface area contributed by atoms with E-state index in [9.17, 15) is 32.3 Å². The summed E-state index contributed by atoms with van der Waals surface area (Å²) in [6.07, 6.45) is 2.52. The van der Waals surface area contributed by atoms with Gasteiger partial charge >= 0.3 is 5.97 Å². The van der Waals surface area contributed by atoms with Crippen LogP contribution in [0.2, 0.25) is 0 Å². The molecular weight excluding hydrogens is 556 g/mol.